The van der Waals surface area contributed by atoms with E-state index in [2.05, 4.69) is 14.9 Å². The average molecular weight is 444 g/mol. The van der Waals surface area contributed by atoms with E-state index in [-0.39, 0.29) is 12.1 Å². The minimum Gasteiger partial charge on any atom is -0.497 e. The lowest BCUT2D eigenvalue weighted by molar-refractivity contribution is 0.221. The summed E-state index contributed by atoms with van der Waals surface area (Å²) < 4.78 is 12.7. The zero-order valence-electron chi connectivity index (χ0n) is 18.6. The fraction of sp³-hybridized carbons (Fsp3) is 0.240. The van der Waals surface area contributed by atoms with Gasteiger partial charge in [-0.25, -0.2) is 14.8 Å². The number of carbonyl (C=O) groups excluding carboxylic acids is 1. The number of amides is 2. The molecule has 0 saturated carbocycles. The monoisotopic (exact) mass is 443 g/mol. The summed E-state index contributed by atoms with van der Waals surface area (Å²) in [5.41, 5.74) is 3.34. The van der Waals surface area contributed by atoms with Crippen molar-refractivity contribution in [3.63, 3.8) is 0 Å². The Kier molecular flexibility index (Phi) is 5.56. The summed E-state index contributed by atoms with van der Waals surface area (Å²) in [6.45, 7) is 1.22. The van der Waals surface area contributed by atoms with Crippen LogP contribution in [0.4, 0.5) is 10.5 Å². The van der Waals surface area contributed by atoms with Gasteiger partial charge in [0.1, 0.15) is 22.8 Å². The minimum absolute atomic E-state index is 0.0676. The van der Waals surface area contributed by atoms with Gasteiger partial charge in [-0.15, -0.1) is 0 Å². The Morgan fingerprint density at radius 1 is 1.03 bits per heavy atom. The number of benzene rings is 2. The highest BCUT2D eigenvalue weighted by Gasteiger charge is 2.31. The largest absolute Gasteiger partial charge is 0.497 e. The summed E-state index contributed by atoms with van der Waals surface area (Å²) in [6, 6.07) is 19.0. The molecule has 33 heavy (non-hydrogen) atoms. The van der Waals surface area contributed by atoms with Crippen molar-refractivity contribution in [1.82, 2.24) is 19.4 Å². The highest BCUT2D eigenvalue weighted by molar-refractivity contribution is 5.89. The van der Waals surface area contributed by atoms with Crippen molar-refractivity contribution in [2.24, 2.45) is 0 Å². The van der Waals surface area contributed by atoms with Gasteiger partial charge in [0.25, 0.3) is 0 Å². The Hall–Kier alpha value is -4.07. The van der Waals surface area contributed by atoms with Crippen LogP contribution in [0.15, 0.2) is 66.9 Å². The zero-order chi connectivity index (χ0) is 22.8. The number of anilines is 1. The molecule has 1 atom stereocenters. The molecule has 3 heterocycles. The predicted molar refractivity (Wildman–Crippen MR) is 127 cm³/mol. The number of aromatic nitrogens is 3. The van der Waals surface area contributed by atoms with Gasteiger partial charge < -0.3 is 24.3 Å². The first-order chi connectivity index (χ1) is 16.2. The molecule has 0 aliphatic carbocycles. The van der Waals surface area contributed by atoms with E-state index >= 15 is 0 Å². The molecule has 0 unspecified atom stereocenters. The first kappa shape index (κ1) is 20.8. The number of nitrogens with zero attached hydrogens (tertiary/aromatic N) is 4. The average Bonchev–Trinajstić information content (AvgIpc) is 3.49. The van der Waals surface area contributed by atoms with Crippen molar-refractivity contribution >= 4 is 22.9 Å². The van der Waals surface area contributed by atoms with E-state index in [0.29, 0.717) is 24.5 Å². The molecular formula is C25H25N5O3. The van der Waals surface area contributed by atoms with Crippen molar-refractivity contribution in [1.29, 1.82) is 0 Å². The summed E-state index contributed by atoms with van der Waals surface area (Å²) in [5, 5.41) is 2.97. The standard InChI is InChI=1S/C25H25N5O3/c1-32-20-10-8-17(9-11-20)23-28-22-7-4-13-26-24(22)30(23)19-12-14-29(16-19)25(31)27-18-5-3-6-21(15-18)33-2/h3-11,13,15,19H,12,14,16H2,1-2H3,(H,27,31)/t19-/m0/s1. The maximum atomic E-state index is 12.9. The number of imidazole rings is 1. The van der Waals surface area contributed by atoms with E-state index in [1.165, 1.54) is 0 Å². The van der Waals surface area contributed by atoms with Crippen LogP contribution in [0.5, 0.6) is 11.5 Å². The molecule has 0 bridgehead atoms. The number of pyridine rings is 1. The fourth-order valence-electron chi connectivity index (χ4n) is 4.26. The summed E-state index contributed by atoms with van der Waals surface area (Å²) in [6.07, 6.45) is 2.59. The smallest absolute Gasteiger partial charge is 0.321 e. The lowest BCUT2D eigenvalue weighted by Gasteiger charge is -2.19. The van der Waals surface area contributed by atoms with Gasteiger partial charge in [-0.05, 0) is 55.0 Å². The van der Waals surface area contributed by atoms with Gasteiger partial charge in [-0.3, -0.25) is 0 Å². The fourth-order valence-corrected chi connectivity index (χ4v) is 4.26. The second-order valence-electron chi connectivity index (χ2n) is 7.93. The third kappa shape index (κ3) is 4.07. The molecule has 168 valence electrons. The summed E-state index contributed by atoms with van der Waals surface area (Å²) >= 11 is 0. The zero-order valence-corrected chi connectivity index (χ0v) is 18.6. The van der Waals surface area contributed by atoms with Crippen LogP contribution in [0.2, 0.25) is 0 Å². The van der Waals surface area contributed by atoms with E-state index in [1.54, 1.807) is 26.5 Å². The predicted octanol–water partition coefficient (Wildman–Crippen LogP) is 4.59. The molecule has 8 heteroatoms. The Morgan fingerprint density at radius 3 is 2.64 bits per heavy atom. The quantitative estimate of drug-likeness (QED) is 0.488. The van der Waals surface area contributed by atoms with Crippen LogP contribution in [-0.4, -0.2) is 52.8 Å². The molecule has 8 nitrogen and oxygen atoms in total. The third-order valence-electron chi connectivity index (χ3n) is 5.93. The van der Waals surface area contributed by atoms with Gasteiger partial charge in [0, 0.05) is 36.6 Å². The van der Waals surface area contributed by atoms with Crippen molar-refractivity contribution in [2.45, 2.75) is 12.5 Å². The molecule has 0 spiro atoms. The van der Waals surface area contributed by atoms with Gasteiger partial charge >= 0.3 is 6.03 Å². The van der Waals surface area contributed by atoms with Crippen LogP contribution >= 0.6 is 0 Å². The van der Waals surface area contributed by atoms with Gasteiger partial charge in [0.15, 0.2) is 5.65 Å². The van der Waals surface area contributed by atoms with E-state index < -0.39 is 0 Å². The van der Waals surface area contributed by atoms with E-state index in [9.17, 15) is 4.79 Å². The van der Waals surface area contributed by atoms with Gasteiger partial charge in [-0.1, -0.05) is 6.07 Å². The SMILES string of the molecule is COc1ccc(-c2nc3cccnc3n2[C@H]2CCN(C(=O)Nc3cccc(OC)c3)C2)cc1. The van der Waals surface area contributed by atoms with Gasteiger partial charge in [0.2, 0.25) is 0 Å². The molecule has 1 N–H and O–H groups in total. The van der Waals surface area contributed by atoms with Crippen LogP contribution in [0.3, 0.4) is 0 Å². The van der Waals surface area contributed by atoms with Crippen LogP contribution < -0.4 is 14.8 Å². The van der Waals surface area contributed by atoms with Crippen LogP contribution in [-0.2, 0) is 0 Å². The number of fused-ring (bicyclic) bond motifs is 1. The molecule has 1 fully saturated rings. The van der Waals surface area contributed by atoms with Crippen molar-refractivity contribution in [3.8, 4) is 22.9 Å². The number of carbonyl (C=O) groups is 1. The number of ether oxygens (including phenoxy) is 2. The maximum Gasteiger partial charge on any atom is 0.321 e. The molecule has 1 saturated heterocycles. The number of methoxy groups -OCH3 is 2. The molecule has 2 aromatic carbocycles. The minimum atomic E-state index is -0.130. The number of rotatable bonds is 5. The topological polar surface area (TPSA) is 81.5 Å². The highest BCUT2D eigenvalue weighted by Crippen LogP contribution is 2.33. The number of likely N-dealkylation sites (tertiary alicyclic amines) is 1. The van der Waals surface area contributed by atoms with Crippen LogP contribution in [0, 0.1) is 0 Å². The number of hydrogen-bond acceptors (Lipinski definition) is 5. The van der Waals surface area contributed by atoms with E-state index in [4.69, 9.17) is 14.5 Å². The summed E-state index contributed by atoms with van der Waals surface area (Å²) in [4.78, 5) is 24.2. The van der Waals surface area contributed by atoms with Crippen molar-refractivity contribution in [3.05, 3.63) is 66.9 Å². The molecule has 1 aliphatic rings. The number of nitrogens with one attached hydrogen (secondary N) is 1. The Bertz CT molecular complexity index is 1280. The van der Waals surface area contributed by atoms with Crippen LogP contribution in [0.1, 0.15) is 12.5 Å². The molecule has 4 aromatic rings. The molecule has 5 rings (SSSR count). The normalized spacial score (nSPS) is 15.6. The molecule has 1 aliphatic heterocycles. The lowest BCUT2D eigenvalue weighted by Crippen LogP contribution is -2.33. The first-order valence-electron chi connectivity index (χ1n) is 10.8. The second kappa shape index (κ2) is 8.82. The van der Waals surface area contributed by atoms with E-state index in [0.717, 1.165) is 34.7 Å². The van der Waals surface area contributed by atoms with E-state index in [1.807, 2.05) is 59.5 Å². The van der Waals surface area contributed by atoms with Crippen molar-refractivity contribution < 1.29 is 14.3 Å². The first-order valence-corrected chi connectivity index (χ1v) is 10.8. The van der Waals surface area contributed by atoms with Crippen molar-refractivity contribution in [2.75, 3.05) is 32.6 Å². The van der Waals surface area contributed by atoms with Gasteiger partial charge in [-0.2, -0.15) is 0 Å². The maximum absolute atomic E-state index is 12.9. The molecular weight excluding hydrogens is 418 g/mol. The molecule has 2 aromatic heterocycles. The summed E-state index contributed by atoms with van der Waals surface area (Å²) in [5.74, 6) is 2.33. The molecule has 2 amide bonds. The third-order valence-corrected chi connectivity index (χ3v) is 5.93. The Morgan fingerprint density at radius 2 is 1.85 bits per heavy atom. The Balaban J connectivity index is 1.41. The summed E-state index contributed by atoms with van der Waals surface area (Å²) in [7, 11) is 3.26. The lowest BCUT2D eigenvalue weighted by atomic mass is 10.2. The second-order valence-corrected chi connectivity index (χ2v) is 7.93. The Labute approximate surface area is 191 Å². The number of hydrogen-bond donors (Lipinski definition) is 1. The van der Waals surface area contributed by atoms with Gasteiger partial charge in [0.05, 0.1) is 20.3 Å². The van der Waals surface area contributed by atoms with Crippen LogP contribution in [0.25, 0.3) is 22.6 Å². The number of urea groups is 1. The highest BCUT2D eigenvalue weighted by atomic mass is 16.5. The molecule has 0 radical (unpaired) electrons.